The van der Waals surface area contributed by atoms with Crippen LogP contribution >= 0.6 is 0 Å². The van der Waals surface area contributed by atoms with Gasteiger partial charge in [0.1, 0.15) is 6.61 Å². The zero-order valence-electron chi connectivity index (χ0n) is 34.1. The number of hydrogen-bond acceptors (Lipinski definition) is 6. The molecular weight excluding hydrogens is 661 g/mol. The first kappa shape index (κ1) is 50.3. The van der Waals surface area contributed by atoms with Gasteiger partial charge in [0, 0.05) is 12.8 Å². The number of hydrogen-bond donors (Lipinski definition) is 2. The van der Waals surface area contributed by atoms with Crippen LogP contribution in [0.1, 0.15) is 187 Å². The van der Waals surface area contributed by atoms with Crippen molar-refractivity contribution in [1.82, 2.24) is 0 Å². The van der Waals surface area contributed by atoms with E-state index in [4.69, 9.17) is 9.47 Å². The Morgan fingerprint density at radius 3 is 1.58 bits per heavy atom. The molecule has 0 radical (unpaired) electrons. The fraction of sp³-hybridized carbons (Fsp3) is 0.702. The molecule has 0 fully saturated rings. The predicted molar refractivity (Wildman–Crippen MR) is 225 cm³/mol. The van der Waals surface area contributed by atoms with Gasteiger partial charge in [-0.1, -0.05) is 202 Å². The van der Waals surface area contributed by atoms with Crippen LogP contribution in [0.4, 0.5) is 0 Å². The summed E-state index contributed by atoms with van der Waals surface area (Å²) in [6, 6.07) is 0. The number of aliphatic hydroxyl groups excluding tert-OH is 2. The largest absolute Gasteiger partial charge is 0.462 e. The average Bonchev–Trinajstić information content (AvgIpc) is 3.16. The average molecular weight is 741 g/mol. The molecule has 0 heterocycles. The van der Waals surface area contributed by atoms with E-state index in [9.17, 15) is 19.8 Å². The van der Waals surface area contributed by atoms with Crippen molar-refractivity contribution in [3.8, 4) is 0 Å². The smallest absolute Gasteiger partial charge is 0.306 e. The van der Waals surface area contributed by atoms with E-state index in [2.05, 4.69) is 44.2 Å². The molecular formula is C47H80O6. The molecule has 0 aliphatic heterocycles. The Balaban J connectivity index is 3.71. The van der Waals surface area contributed by atoms with E-state index in [0.29, 0.717) is 19.3 Å². The molecule has 6 nitrogen and oxygen atoms in total. The lowest BCUT2D eigenvalue weighted by atomic mass is 10.0. The van der Waals surface area contributed by atoms with Crippen LogP contribution in [0.3, 0.4) is 0 Å². The number of carbonyl (C=O) groups excluding carboxylic acids is 2. The first-order chi connectivity index (χ1) is 26.0. The summed E-state index contributed by atoms with van der Waals surface area (Å²) in [7, 11) is 0. The van der Waals surface area contributed by atoms with Crippen LogP contribution in [0.15, 0.2) is 72.9 Å². The summed E-state index contributed by atoms with van der Waals surface area (Å²) in [6.07, 6.45) is 52.9. The van der Waals surface area contributed by atoms with Crippen molar-refractivity contribution in [2.45, 2.75) is 199 Å². The Hall–Kier alpha value is -2.70. The number of rotatable bonds is 38. The summed E-state index contributed by atoms with van der Waals surface area (Å²) in [4.78, 5) is 24.3. The van der Waals surface area contributed by atoms with Gasteiger partial charge in [-0.3, -0.25) is 9.59 Å². The van der Waals surface area contributed by atoms with Crippen LogP contribution in [-0.2, 0) is 19.1 Å². The topological polar surface area (TPSA) is 93.1 Å². The normalized spacial score (nSPS) is 13.5. The standard InChI is InChI=1S/C47H80O6/c1-3-5-7-9-11-12-13-14-15-16-17-18-19-20-21-25-28-32-36-40-46(50)52-43-45(42-48)53-47(51)41-37-33-29-26-23-22-24-27-31-35-39-44(49)38-34-30-10-8-6-4-2/h6,8,22-23,27,29-31,33-35,39,44-45,48-49H,3-5,7,9-21,24-26,28,32,36-38,40-43H2,1-2H3/b8-6-,23-22-,31-27-,33-29-,34-30-,39-35+/t44?,45-/m0/s1. The van der Waals surface area contributed by atoms with Gasteiger partial charge in [-0.05, 0) is 44.9 Å². The van der Waals surface area contributed by atoms with Crippen LogP contribution < -0.4 is 0 Å². The first-order valence-electron chi connectivity index (χ1n) is 21.6. The minimum Gasteiger partial charge on any atom is -0.462 e. The van der Waals surface area contributed by atoms with E-state index in [-0.39, 0.29) is 25.6 Å². The zero-order chi connectivity index (χ0) is 38.7. The first-order valence-corrected chi connectivity index (χ1v) is 21.6. The molecule has 0 aromatic carbocycles. The lowest BCUT2D eigenvalue weighted by Gasteiger charge is -2.15. The van der Waals surface area contributed by atoms with Crippen molar-refractivity contribution < 1.29 is 29.3 Å². The monoisotopic (exact) mass is 741 g/mol. The number of unbranched alkanes of at least 4 members (excludes halogenated alkanes) is 18. The molecule has 0 spiro atoms. The van der Waals surface area contributed by atoms with Crippen molar-refractivity contribution in [2.75, 3.05) is 13.2 Å². The van der Waals surface area contributed by atoms with Crippen LogP contribution in [0, 0.1) is 0 Å². The van der Waals surface area contributed by atoms with Gasteiger partial charge in [0.25, 0.3) is 0 Å². The van der Waals surface area contributed by atoms with Crippen LogP contribution in [0.5, 0.6) is 0 Å². The molecule has 2 N–H and O–H groups in total. The van der Waals surface area contributed by atoms with E-state index in [1.54, 1.807) is 6.08 Å². The highest BCUT2D eigenvalue weighted by Gasteiger charge is 2.15. The molecule has 0 bridgehead atoms. The van der Waals surface area contributed by atoms with Gasteiger partial charge in [-0.25, -0.2) is 0 Å². The lowest BCUT2D eigenvalue weighted by molar-refractivity contribution is -0.161. The second kappa shape index (κ2) is 42.0. The SMILES string of the molecule is CC/C=C\C/C=C\CC(O)/C=C/C=C\C/C=C\C/C=C\CCC(=O)O[C@@H](CO)COC(=O)CCCCCCCCCCCCCCCCCCCCC. The minimum absolute atomic E-state index is 0.111. The van der Waals surface area contributed by atoms with Gasteiger partial charge in [-0.2, -0.15) is 0 Å². The number of allylic oxidation sites excluding steroid dienone is 10. The van der Waals surface area contributed by atoms with Crippen LogP contribution in [-0.4, -0.2) is 47.6 Å². The van der Waals surface area contributed by atoms with Crippen LogP contribution in [0.2, 0.25) is 0 Å². The lowest BCUT2D eigenvalue weighted by Crippen LogP contribution is -2.28. The maximum absolute atomic E-state index is 12.2. The van der Waals surface area contributed by atoms with Gasteiger partial charge >= 0.3 is 11.9 Å². The van der Waals surface area contributed by atoms with Gasteiger partial charge in [0.2, 0.25) is 0 Å². The molecule has 0 amide bonds. The molecule has 0 saturated heterocycles. The summed E-state index contributed by atoms with van der Waals surface area (Å²) in [6.45, 7) is 3.90. The Bertz CT molecular complexity index is 991. The van der Waals surface area contributed by atoms with Crippen molar-refractivity contribution in [3.63, 3.8) is 0 Å². The van der Waals surface area contributed by atoms with E-state index >= 15 is 0 Å². The molecule has 2 atom stereocenters. The summed E-state index contributed by atoms with van der Waals surface area (Å²) < 4.78 is 10.6. The number of carbonyl (C=O) groups is 2. The maximum atomic E-state index is 12.2. The third-order valence-electron chi connectivity index (χ3n) is 9.11. The Morgan fingerprint density at radius 2 is 1.04 bits per heavy atom. The summed E-state index contributed by atoms with van der Waals surface area (Å²) in [5, 5.41) is 19.5. The summed E-state index contributed by atoms with van der Waals surface area (Å²) >= 11 is 0. The Labute approximate surface area is 326 Å². The molecule has 0 saturated carbocycles. The Kier molecular flexibility index (Phi) is 39.9. The van der Waals surface area contributed by atoms with Crippen molar-refractivity contribution in [2.24, 2.45) is 0 Å². The minimum atomic E-state index is -0.829. The highest BCUT2D eigenvalue weighted by atomic mass is 16.6. The molecule has 0 rings (SSSR count). The second-order valence-corrected chi connectivity index (χ2v) is 14.2. The molecule has 1 unspecified atom stereocenters. The predicted octanol–water partition coefficient (Wildman–Crippen LogP) is 12.7. The molecule has 304 valence electrons. The second-order valence-electron chi connectivity index (χ2n) is 14.2. The van der Waals surface area contributed by atoms with E-state index in [1.807, 2.05) is 36.5 Å². The van der Waals surface area contributed by atoms with Gasteiger partial charge in [-0.15, -0.1) is 0 Å². The fourth-order valence-electron chi connectivity index (χ4n) is 5.84. The van der Waals surface area contributed by atoms with Crippen molar-refractivity contribution >= 4 is 11.9 Å². The quantitative estimate of drug-likeness (QED) is 0.0283. The summed E-state index contributed by atoms with van der Waals surface area (Å²) in [5.74, 6) is -0.717. The highest BCUT2D eigenvalue weighted by Crippen LogP contribution is 2.15. The van der Waals surface area contributed by atoms with Crippen LogP contribution in [0.25, 0.3) is 0 Å². The van der Waals surface area contributed by atoms with Gasteiger partial charge in [0.05, 0.1) is 12.7 Å². The highest BCUT2D eigenvalue weighted by molar-refractivity contribution is 5.70. The molecule has 0 aliphatic carbocycles. The molecule has 0 aromatic rings. The van der Waals surface area contributed by atoms with E-state index in [1.165, 1.54) is 103 Å². The molecule has 53 heavy (non-hydrogen) atoms. The van der Waals surface area contributed by atoms with E-state index in [0.717, 1.165) is 44.9 Å². The van der Waals surface area contributed by atoms with Gasteiger partial charge < -0.3 is 19.7 Å². The summed E-state index contributed by atoms with van der Waals surface area (Å²) in [5.41, 5.74) is 0. The maximum Gasteiger partial charge on any atom is 0.306 e. The molecule has 0 aliphatic rings. The number of aliphatic hydroxyl groups is 2. The Morgan fingerprint density at radius 1 is 0.547 bits per heavy atom. The molecule has 0 aromatic heterocycles. The third-order valence-corrected chi connectivity index (χ3v) is 9.11. The van der Waals surface area contributed by atoms with Crippen molar-refractivity contribution in [3.05, 3.63) is 72.9 Å². The third kappa shape index (κ3) is 40.3. The zero-order valence-corrected chi connectivity index (χ0v) is 34.1. The number of ether oxygens (including phenoxy) is 2. The van der Waals surface area contributed by atoms with E-state index < -0.39 is 18.2 Å². The fourth-order valence-corrected chi connectivity index (χ4v) is 5.84. The molecule has 6 heteroatoms. The van der Waals surface area contributed by atoms with Gasteiger partial charge in [0.15, 0.2) is 6.10 Å². The van der Waals surface area contributed by atoms with Crippen molar-refractivity contribution in [1.29, 1.82) is 0 Å². The number of esters is 2.